The number of halogens is 1. The van der Waals surface area contributed by atoms with Gasteiger partial charge in [0.05, 0.1) is 5.69 Å². The Kier molecular flexibility index (Phi) is 3.81. The highest BCUT2D eigenvalue weighted by Gasteiger charge is 2.16. The maximum atomic E-state index is 4.75. The van der Waals surface area contributed by atoms with E-state index in [1.165, 1.54) is 16.8 Å². The molecule has 3 aromatic rings. The lowest BCUT2D eigenvalue weighted by atomic mass is 10.1. The second-order valence-electron chi connectivity index (χ2n) is 4.85. The Hall–Kier alpha value is -1.33. The first-order valence-corrected chi connectivity index (χ1v) is 8.47. The number of nitrogens with zero attached hydrogens (tertiary/aromatic N) is 3. The molecule has 0 atom stereocenters. The highest BCUT2D eigenvalue weighted by molar-refractivity contribution is 9.08. The predicted molar refractivity (Wildman–Crippen MR) is 89.0 cm³/mol. The normalized spacial score (nSPS) is 11.2. The monoisotopic (exact) mass is 349 g/mol. The minimum absolute atomic E-state index is 0.804. The summed E-state index contributed by atoms with van der Waals surface area (Å²) in [7, 11) is 2.10. The van der Waals surface area contributed by atoms with Crippen molar-refractivity contribution in [1.29, 1.82) is 0 Å². The van der Waals surface area contributed by atoms with E-state index < -0.39 is 0 Å². The Morgan fingerprint density at radius 1 is 1.35 bits per heavy atom. The summed E-state index contributed by atoms with van der Waals surface area (Å²) in [5.74, 6) is 1.05. The van der Waals surface area contributed by atoms with E-state index in [9.17, 15) is 0 Å². The van der Waals surface area contributed by atoms with E-state index in [0.717, 1.165) is 22.7 Å². The quantitative estimate of drug-likeness (QED) is 0.656. The van der Waals surface area contributed by atoms with Crippen LogP contribution < -0.4 is 4.90 Å². The number of anilines is 1. The fourth-order valence-electron chi connectivity index (χ4n) is 2.37. The summed E-state index contributed by atoms with van der Waals surface area (Å²) in [5, 5.41) is 2.87. The van der Waals surface area contributed by atoms with Crippen molar-refractivity contribution in [1.82, 2.24) is 9.38 Å². The van der Waals surface area contributed by atoms with Crippen molar-refractivity contribution < 1.29 is 0 Å². The minimum Gasteiger partial charge on any atom is -0.354 e. The first-order valence-electron chi connectivity index (χ1n) is 6.46. The second kappa shape index (κ2) is 5.58. The molecule has 104 valence electrons. The summed E-state index contributed by atoms with van der Waals surface area (Å²) in [5.41, 5.74) is 3.87. The fraction of sp³-hybridized carbons (Fsp3) is 0.267. The van der Waals surface area contributed by atoms with E-state index in [1.807, 2.05) is 0 Å². The zero-order valence-corrected chi connectivity index (χ0v) is 13.9. The molecule has 0 saturated carbocycles. The molecule has 0 aliphatic carbocycles. The lowest BCUT2D eigenvalue weighted by Crippen LogP contribution is -2.18. The van der Waals surface area contributed by atoms with Gasteiger partial charge in [0.15, 0.2) is 10.8 Å². The zero-order valence-electron chi connectivity index (χ0n) is 11.5. The molecule has 0 N–H and O–H groups in total. The van der Waals surface area contributed by atoms with Crippen LogP contribution >= 0.6 is 27.3 Å². The van der Waals surface area contributed by atoms with Crippen LogP contribution in [0.4, 0.5) is 5.82 Å². The molecule has 2 heterocycles. The van der Waals surface area contributed by atoms with Crippen LogP contribution in [0.5, 0.6) is 0 Å². The molecule has 0 amide bonds. The Morgan fingerprint density at radius 3 is 2.90 bits per heavy atom. The summed E-state index contributed by atoms with van der Waals surface area (Å²) in [6.07, 6.45) is 2.08. The summed E-state index contributed by atoms with van der Waals surface area (Å²) >= 11 is 5.25. The lowest BCUT2D eigenvalue weighted by molar-refractivity contribution is 0.888. The van der Waals surface area contributed by atoms with Gasteiger partial charge in [0.1, 0.15) is 0 Å². The van der Waals surface area contributed by atoms with Crippen LogP contribution in [0.25, 0.3) is 4.96 Å². The van der Waals surface area contributed by atoms with Gasteiger partial charge in [-0.25, -0.2) is 4.98 Å². The molecule has 5 heteroatoms. The first-order chi connectivity index (χ1) is 9.70. The number of aromatic nitrogens is 2. The molecular weight excluding hydrogens is 334 g/mol. The van der Waals surface area contributed by atoms with E-state index in [4.69, 9.17) is 4.98 Å². The average molecular weight is 350 g/mol. The molecule has 3 rings (SSSR count). The number of thiazole rings is 1. The molecular formula is C15H16BrN3S. The molecule has 20 heavy (non-hydrogen) atoms. The molecule has 0 saturated heterocycles. The summed E-state index contributed by atoms with van der Waals surface area (Å²) in [6, 6.07) is 8.50. The Balaban J connectivity index is 1.94. The Morgan fingerprint density at radius 2 is 2.15 bits per heavy atom. The van der Waals surface area contributed by atoms with E-state index in [1.54, 1.807) is 11.3 Å². The van der Waals surface area contributed by atoms with Crippen molar-refractivity contribution >= 4 is 38.0 Å². The standard InChI is InChI=1S/C15H16BrN3S/c1-11-5-3-4-6-12(11)10-18(2)14-13(9-16)19-7-8-20-15(19)17-14/h3-8H,9-10H2,1-2H3. The van der Waals surface area contributed by atoms with Crippen LogP contribution in [0.15, 0.2) is 35.8 Å². The van der Waals surface area contributed by atoms with E-state index in [0.29, 0.717) is 0 Å². The SMILES string of the molecule is Cc1ccccc1CN(C)c1nc2sccn2c1CBr. The van der Waals surface area contributed by atoms with Crippen LogP contribution in [-0.4, -0.2) is 16.4 Å². The Bertz CT molecular complexity index is 732. The molecule has 2 aromatic heterocycles. The van der Waals surface area contributed by atoms with Gasteiger partial charge in [-0.1, -0.05) is 40.2 Å². The van der Waals surface area contributed by atoms with Gasteiger partial charge in [-0.05, 0) is 18.1 Å². The molecule has 0 bridgehead atoms. The van der Waals surface area contributed by atoms with Crippen LogP contribution in [-0.2, 0) is 11.9 Å². The van der Waals surface area contributed by atoms with Gasteiger partial charge >= 0.3 is 0 Å². The van der Waals surface area contributed by atoms with E-state index in [2.05, 4.69) is 75.0 Å². The van der Waals surface area contributed by atoms with Crippen LogP contribution in [0.2, 0.25) is 0 Å². The zero-order chi connectivity index (χ0) is 14.1. The van der Waals surface area contributed by atoms with Gasteiger partial charge < -0.3 is 4.90 Å². The molecule has 1 aromatic carbocycles. The number of hydrogen-bond acceptors (Lipinski definition) is 3. The van der Waals surface area contributed by atoms with Crippen molar-refractivity contribution in [2.24, 2.45) is 0 Å². The number of rotatable bonds is 4. The van der Waals surface area contributed by atoms with Crippen molar-refractivity contribution in [2.75, 3.05) is 11.9 Å². The van der Waals surface area contributed by atoms with Gasteiger partial charge in [-0.2, -0.15) is 0 Å². The topological polar surface area (TPSA) is 20.5 Å². The molecule has 0 unspecified atom stereocenters. The second-order valence-corrected chi connectivity index (χ2v) is 6.29. The number of fused-ring (bicyclic) bond motifs is 1. The van der Waals surface area contributed by atoms with Crippen molar-refractivity contribution in [3.63, 3.8) is 0 Å². The summed E-state index contributed by atoms with van der Waals surface area (Å²) < 4.78 is 2.16. The van der Waals surface area contributed by atoms with Crippen LogP contribution in [0, 0.1) is 6.92 Å². The van der Waals surface area contributed by atoms with Crippen molar-refractivity contribution in [3.05, 3.63) is 52.7 Å². The van der Waals surface area contributed by atoms with Crippen molar-refractivity contribution in [3.8, 4) is 0 Å². The van der Waals surface area contributed by atoms with E-state index in [-0.39, 0.29) is 0 Å². The number of benzene rings is 1. The molecule has 0 aliphatic rings. The number of alkyl halides is 1. The maximum Gasteiger partial charge on any atom is 0.195 e. The highest BCUT2D eigenvalue weighted by atomic mass is 79.9. The van der Waals surface area contributed by atoms with Gasteiger partial charge in [0.25, 0.3) is 0 Å². The Labute approximate surface area is 131 Å². The van der Waals surface area contributed by atoms with Gasteiger partial charge in [0.2, 0.25) is 0 Å². The molecule has 0 spiro atoms. The number of aryl methyl sites for hydroxylation is 1. The average Bonchev–Trinajstić information content (AvgIpc) is 3.01. The summed E-state index contributed by atoms with van der Waals surface area (Å²) in [6.45, 7) is 3.03. The predicted octanol–water partition coefficient (Wildman–Crippen LogP) is 4.24. The molecule has 3 nitrogen and oxygen atoms in total. The lowest BCUT2D eigenvalue weighted by Gasteiger charge is -2.19. The highest BCUT2D eigenvalue weighted by Crippen LogP contribution is 2.27. The molecule has 0 aliphatic heterocycles. The van der Waals surface area contributed by atoms with Gasteiger partial charge in [-0.3, -0.25) is 4.40 Å². The maximum absolute atomic E-state index is 4.75. The van der Waals surface area contributed by atoms with Crippen LogP contribution in [0.3, 0.4) is 0 Å². The first kappa shape index (κ1) is 13.6. The smallest absolute Gasteiger partial charge is 0.195 e. The van der Waals surface area contributed by atoms with Gasteiger partial charge in [-0.15, -0.1) is 11.3 Å². The summed E-state index contributed by atoms with van der Waals surface area (Å²) in [4.78, 5) is 8.01. The third kappa shape index (κ3) is 2.36. The van der Waals surface area contributed by atoms with Crippen LogP contribution in [0.1, 0.15) is 16.8 Å². The number of imidazole rings is 1. The third-order valence-electron chi connectivity index (χ3n) is 3.50. The third-order valence-corrected chi connectivity index (χ3v) is 4.78. The largest absolute Gasteiger partial charge is 0.354 e. The molecule has 0 fully saturated rings. The molecule has 0 radical (unpaired) electrons. The minimum atomic E-state index is 0.804. The van der Waals surface area contributed by atoms with Crippen molar-refractivity contribution in [2.45, 2.75) is 18.8 Å². The number of hydrogen-bond donors (Lipinski definition) is 0. The fourth-order valence-corrected chi connectivity index (χ4v) is 3.62. The van der Waals surface area contributed by atoms with Gasteiger partial charge in [0, 0.05) is 30.5 Å². The van der Waals surface area contributed by atoms with E-state index >= 15 is 0 Å².